The molecule has 3 rings (SSSR count). The van der Waals surface area contributed by atoms with Crippen molar-refractivity contribution < 1.29 is 22.5 Å². The molecule has 1 fully saturated rings. The summed E-state index contributed by atoms with van der Waals surface area (Å²) in [5, 5.41) is 6.45. The molecule has 2 heterocycles. The number of carbonyl (C=O) groups excluding carboxylic acids is 1. The van der Waals surface area contributed by atoms with E-state index in [9.17, 15) is 13.2 Å². The van der Waals surface area contributed by atoms with E-state index in [4.69, 9.17) is 9.26 Å². The lowest BCUT2D eigenvalue weighted by Crippen LogP contribution is -2.49. The number of sulfone groups is 1. The van der Waals surface area contributed by atoms with Crippen LogP contribution in [-0.2, 0) is 14.6 Å². The molecule has 1 aromatic heterocycles. The molecule has 0 saturated carbocycles. The van der Waals surface area contributed by atoms with E-state index in [-0.39, 0.29) is 23.1 Å². The maximum Gasteiger partial charge on any atom is 0.239 e. The number of rotatable bonds is 8. The summed E-state index contributed by atoms with van der Waals surface area (Å²) in [6.07, 6.45) is 0. The van der Waals surface area contributed by atoms with Gasteiger partial charge in [-0.3, -0.25) is 14.6 Å². The van der Waals surface area contributed by atoms with Crippen molar-refractivity contribution in [1.29, 1.82) is 0 Å². The fourth-order valence-electron chi connectivity index (χ4n) is 3.14. The van der Waals surface area contributed by atoms with Crippen LogP contribution in [-0.4, -0.2) is 81.4 Å². The Labute approximate surface area is 170 Å². The van der Waals surface area contributed by atoms with Gasteiger partial charge in [-0.25, -0.2) is 8.42 Å². The number of anilines is 1. The molecule has 9 nitrogen and oxygen atoms in total. The van der Waals surface area contributed by atoms with Crippen molar-refractivity contribution in [2.75, 3.05) is 57.4 Å². The van der Waals surface area contributed by atoms with Crippen molar-refractivity contribution >= 4 is 21.6 Å². The van der Waals surface area contributed by atoms with E-state index in [1.54, 1.807) is 37.3 Å². The largest absolute Gasteiger partial charge is 0.497 e. The van der Waals surface area contributed by atoms with Gasteiger partial charge < -0.3 is 14.6 Å². The van der Waals surface area contributed by atoms with Crippen LogP contribution in [0.2, 0.25) is 0 Å². The van der Waals surface area contributed by atoms with E-state index in [0.29, 0.717) is 50.1 Å². The maximum absolute atomic E-state index is 12.6. The van der Waals surface area contributed by atoms with E-state index < -0.39 is 9.84 Å². The molecule has 0 atom stereocenters. The molecule has 0 aliphatic carbocycles. The Kier molecular flexibility index (Phi) is 6.88. The summed E-state index contributed by atoms with van der Waals surface area (Å²) >= 11 is 0. The van der Waals surface area contributed by atoms with Gasteiger partial charge in [0.15, 0.2) is 15.7 Å². The monoisotopic (exact) mass is 422 g/mol. The summed E-state index contributed by atoms with van der Waals surface area (Å²) in [6.45, 7) is 5.30. The molecule has 0 spiro atoms. The van der Waals surface area contributed by atoms with Crippen LogP contribution in [0.5, 0.6) is 5.75 Å². The number of methoxy groups -OCH3 is 1. The summed E-state index contributed by atoms with van der Waals surface area (Å²) in [7, 11) is -1.86. The standard InChI is InChI=1S/C19H26N4O5S/c1-15-12-18(21-28-15)20-19(24)14-23-8-6-22(7-9-23)10-11-29(25,26)17-5-3-4-16(13-17)27-2/h3-5,12-13H,6-11,14H2,1-2H3,(H,20,21,24). The van der Waals surface area contributed by atoms with Crippen LogP contribution in [0.1, 0.15) is 5.76 Å². The Balaban J connectivity index is 1.43. The molecule has 158 valence electrons. The number of benzene rings is 1. The van der Waals surface area contributed by atoms with Gasteiger partial charge in [0.1, 0.15) is 11.5 Å². The topological polar surface area (TPSA) is 105 Å². The molecule has 0 bridgehead atoms. The summed E-state index contributed by atoms with van der Waals surface area (Å²) in [5.41, 5.74) is 0. The first-order chi connectivity index (χ1) is 13.9. The Morgan fingerprint density at radius 2 is 1.93 bits per heavy atom. The van der Waals surface area contributed by atoms with Gasteiger partial charge in [0, 0.05) is 38.8 Å². The third kappa shape index (κ3) is 6.02. The summed E-state index contributed by atoms with van der Waals surface area (Å²) in [6, 6.07) is 8.19. The summed E-state index contributed by atoms with van der Waals surface area (Å²) < 4.78 is 35.2. The molecular weight excluding hydrogens is 396 g/mol. The number of aryl methyl sites for hydroxylation is 1. The number of nitrogens with zero attached hydrogens (tertiary/aromatic N) is 3. The van der Waals surface area contributed by atoms with Crippen LogP contribution in [0, 0.1) is 6.92 Å². The molecule has 10 heteroatoms. The first-order valence-corrected chi connectivity index (χ1v) is 11.1. The van der Waals surface area contributed by atoms with Crippen molar-refractivity contribution in [3.8, 4) is 5.75 Å². The highest BCUT2D eigenvalue weighted by Gasteiger charge is 2.22. The van der Waals surface area contributed by atoms with Gasteiger partial charge in [0.2, 0.25) is 5.91 Å². The fourth-order valence-corrected chi connectivity index (χ4v) is 4.46. The van der Waals surface area contributed by atoms with Crippen molar-refractivity contribution in [3.05, 3.63) is 36.1 Å². The highest BCUT2D eigenvalue weighted by Crippen LogP contribution is 2.18. The zero-order valence-corrected chi connectivity index (χ0v) is 17.4. The first-order valence-electron chi connectivity index (χ1n) is 9.40. The minimum absolute atomic E-state index is 0.0478. The minimum atomic E-state index is -3.37. The zero-order chi connectivity index (χ0) is 20.9. The van der Waals surface area contributed by atoms with Crippen molar-refractivity contribution in [1.82, 2.24) is 15.0 Å². The molecule has 1 N–H and O–H groups in total. The van der Waals surface area contributed by atoms with Crippen LogP contribution in [0.25, 0.3) is 0 Å². The van der Waals surface area contributed by atoms with Gasteiger partial charge in [0.05, 0.1) is 24.3 Å². The zero-order valence-electron chi connectivity index (χ0n) is 16.6. The van der Waals surface area contributed by atoms with Crippen LogP contribution < -0.4 is 10.1 Å². The SMILES string of the molecule is COc1cccc(S(=O)(=O)CCN2CCN(CC(=O)Nc3cc(C)on3)CC2)c1. The molecule has 29 heavy (non-hydrogen) atoms. The highest BCUT2D eigenvalue weighted by molar-refractivity contribution is 7.91. The molecule has 2 aromatic rings. The molecule has 1 amide bonds. The quantitative estimate of drug-likeness (QED) is 0.672. The van der Waals surface area contributed by atoms with Gasteiger partial charge in [-0.05, 0) is 25.1 Å². The normalized spacial score (nSPS) is 15.9. The minimum Gasteiger partial charge on any atom is -0.497 e. The fraction of sp³-hybridized carbons (Fsp3) is 0.474. The van der Waals surface area contributed by atoms with E-state index >= 15 is 0 Å². The highest BCUT2D eigenvalue weighted by atomic mass is 32.2. The summed E-state index contributed by atoms with van der Waals surface area (Å²) in [4.78, 5) is 16.5. The van der Waals surface area contributed by atoms with Crippen molar-refractivity contribution in [3.63, 3.8) is 0 Å². The predicted octanol–water partition coefficient (Wildman–Crippen LogP) is 1.02. The Morgan fingerprint density at radius 3 is 2.59 bits per heavy atom. The van der Waals surface area contributed by atoms with Gasteiger partial charge in [0.25, 0.3) is 0 Å². The lowest BCUT2D eigenvalue weighted by Gasteiger charge is -2.34. The number of ether oxygens (including phenoxy) is 1. The molecule has 0 unspecified atom stereocenters. The molecule has 0 radical (unpaired) electrons. The summed E-state index contributed by atoms with van der Waals surface area (Å²) in [5.74, 6) is 1.48. The number of aromatic nitrogens is 1. The van der Waals surface area contributed by atoms with Crippen LogP contribution >= 0.6 is 0 Å². The Hall–Kier alpha value is -2.43. The van der Waals surface area contributed by atoms with Gasteiger partial charge >= 0.3 is 0 Å². The van der Waals surface area contributed by atoms with Gasteiger partial charge in [-0.2, -0.15) is 0 Å². The molecule has 1 aliphatic rings. The van der Waals surface area contributed by atoms with Gasteiger partial charge in [-0.15, -0.1) is 0 Å². The average Bonchev–Trinajstić information content (AvgIpc) is 3.12. The Morgan fingerprint density at radius 1 is 1.21 bits per heavy atom. The van der Waals surface area contributed by atoms with Crippen LogP contribution in [0.4, 0.5) is 5.82 Å². The molecule has 1 saturated heterocycles. The number of piperazine rings is 1. The van der Waals surface area contributed by atoms with Crippen LogP contribution in [0.15, 0.2) is 39.8 Å². The van der Waals surface area contributed by atoms with E-state index in [1.807, 2.05) is 4.90 Å². The number of hydrogen-bond donors (Lipinski definition) is 1. The number of hydrogen-bond acceptors (Lipinski definition) is 8. The smallest absolute Gasteiger partial charge is 0.239 e. The predicted molar refractivity (Wildman–Crippen MR) is 108 cm³/mol. The lowest BCUT2D eigenvalue weighted by atomic mass is 10.3. The second-order valence-electron chi connectivity index (χ2n) is 6.99. The van der Waals surface area contributed by atoms with E-state index in [2.05, 4.69) is 15.4 Å². The number of amides is 1. The van der Waals surface area contributed by atoms with Gasteiger partial charge in [-0.1, -0.05) is 11.2 Å². The second-order valence-corrected chi connectivity index (χ2v) is 9.10. The van der Waals surface area contributed by atoms with Crippen molar-refractivity contribution in [2.24, 2.45) is 0 Å². The lowest BCUT2D eigenvalue weighted by molar-refractivity contribution is -0.117. The third-order valence-corrected chi connectivity index (χ3v) is 6.50. The molecule has 1 aromatic carbocycles. The van der Waals surface area contributed by atoms with Crippen LogP contribution in [0.3, 0.4) is 0 Å². The Bertz CT molecular complexity index is 936. The second kappa shape index (κ2) is 9.38. The maximum atomic E-state index is 12.6. The van der Waals surface area contributed by atoms with E-state index in [0.717, 1.165) is 0 Å². The molecular formula is C19H26N4O5S. The average molecular weight is 423 g/mol. The third-order valence-electron chi connectivity index (χ3n) is 4.80. The number of nitrogens with one attached hydrogen (secondary N) is 1. The van der Waals surface area contributed by atoms with E-state index in [1.165, 1.54) is 7.11 Å². The van der Waals surface area contributed by atoms with Crippen molar-refractivity contribution in [2.45, 2.75) is 11.8 Å². The molecule has 1 aliphatic heterocycles. The number of carbonyl (C=O) groups is 1. The first kappa shape index (κ1) is 21.3.